The van der Waals surface area contributed by atoms with Gasteiger partial charge in [0, 0.05) is 0 Å². The fourth-order valence-corrected chi connectivity index (χ4v) is 5.02. The lowest BCUT2D eigenvalue weighted by Gasteiger charge is -2.41. The van der Waals surface area contributed by atoms with E-state index >= 15 is 0 Å². The van der Waals surface area contributed by atoms with Crippen molar-refractivity contribution in [3.63, 3.8) is 0 Å². The van der Waals surface area contributed by atoms with Crippen molar-refractivity contribution in [2.75, 3.05) is 0 Å². The molecule has 0 aliphatic heterocycles. The van der Waals surface area contributed by atoms with Crippen molar-refractivity contribution < 1.29 is 13.9 Å². The largest absolute Gasteiger partial charge is 0.426 e. The van der Waals surface area contributed by atoms with Crippen LogP contribution in [0.4, 0.5) is 4.39 Å². The van der Waals surface area contributed by atoms with Crippen LogP contribution < -0.4 is 4.74 Å². The highest BCUT2D eigenvalue weighted by atomic mass is 19.1. The Hall–Kier alpha value is -1.38. The Labute approximate surface area is 151 Å². The van der Waals surface area contributed by atoms with Crippen molar-refractivity contribution in [1.82, 2.24) is 0 Å². The normalized spacial score (nSPS) is 27.8. The first-order valence-corrected chi connectivity index (χ1v) is 10.1. The van der Waals surface area contributed by atoms with Gasteiger partial charge < -0.3 is 4.74 Å². The van der Waals surface area contributed by atoms with Gasteiger partial charge in [0.05, 0.1) is 5.41 Å². The number of carbonyl (C=O) groups is 1. The van der Waals surface area contributed by atoms with Gasteiger partial charge in [0.15, 0.2) is 0 Å². The van der Waals surface area contributed by atoms with E-state index in [1.54, 1.807) is 12.1 Å². The molecule has 2 fully saturated rings. The maximum Gasteiger partial charge on any atom is 0.317 e. The minimum absolute atomic E-state index is 0.108. The minimum Gasteiger partial charge on any atom is -0.426 e. The predicted octanol–water partition coefficient (Wildman–Crippen LogP) is 6.29. The molecule has 0 unspecified atom stereocenters. The van der Waals surface area contributed by atoms with E-state index in [9.17, 15) is 9.18 Å². The summed E-state index contributed by atoms with van der Waals surface area (Å²) in [6.45, 7) is 2.14. The zero-order chi connectivity index (χ0) is 17.7. The van der Waals surface area contributed by atoms with Crippen molar-refractivity contribution >= 4 is 5.97 Å². The second kappa shape index (κ2) is 8.33. The van der Waals surface area contributed by atoms with Gasteiger partial charge in [0.25, 0.3) is 0 Å². The van der Waals surface area contributed by atoms with Crippen LogP contribution in [0.25, 0.3) is 0 Å². The van der Waals surface area contributed by atoms with Crippen LogP contribution in [0.1, 0.15) is 77.6 Å². The summed E-state index contributed by atoms with van der Waals surface area (Å²) >= 11 is 0. The van der Waals surface area contributed by atoms with Gasteiger partial charge >= 0.3 is 5.97 Å². The maximum atomic E-state index is 13.1. The maximum absolute atomic E-state index is 13.1. The van der Waals surface area contributed by atoms with Crippen molar-refractivity contribution in [3.8, 4) is 5.75 Å². The van der Waals surface area contributed by atoms with E-state index in [4.69, 9.17) is 4.74 Å². The van der Waals surface area contributed by atoms with Crippen LogP contribution in [0.5, 0.6) is 5.75 Å². The van der Waals surface area contributed by atoms with E-state index in [2.05, 4.69) is 6.92 Å². The van der Waals surface area contributed by atoms with E-state index in [-0.39, 0.29) is 17.2 Å². The smallest absolute Gasteiger partial charge is 0.317 e. The number of halogens is 1. The van der Waals surface area contributed by atoms with Crippen molar-refractivity contribution in [2.24, 2.45) is 17.3 Å². The lowest BCUT2D eigenvalue weighted by molar-refractivity contribution is -0.149. The fourth-order valence-electron chi connectivity index (χ4n) is 5.02. The Kier molecular flexibility index (Phi) is 6.14. The van der Waals surface area contributed by atoms with Gasteiger partial charge in [-0.2, -0.15) is 0 Å². The van der Waals surface area contributed by atoms with E-state index in [1.165, 1.54) is 44.2 Å². The first-order valence-electron chi connectivity index (χ1n) is 10.1. The molecule has 1 aromatic rings. The lowest BCUT2D eigenvalue weighted by atomic mass is 9.64. The van der Waals surface area contributed by atoms with Crippen LogP contribution >= 0.6 is 0 Å². The molecule has 0 saturated heterocycles. The molecule has 0 amide bonds. The monoisotopic (exact) mass is 346 g/mol. The average molecular weight is 346 g/mol. The van der Waals surface area contributed by atoms with Gasteiger partial charge in [-0.15, -0.1) is 0 Å². The molecule has 3 heteroatoms. The Morgan fingerprint density at radius 1 is 1.04 bits per heavy atom. The van der Waals surface area contributed by atoms with E-state index < -0.39 is 0 Å². The molecular formula is C22H31FO2. The molecule has 2 saturated carbocycles. The summed E-state index contributed by atoms with van der Waals surface area (Å²) in [5.74, 6) is 1.71. The Morgan fingerprint density at radius 3 is 2.24 bits per heavy atom. The third-order valence-electron chi connectivity index (χ3n) is 6.49. The summed E-state index contributed by atoms with van der Waals surface area (Å²) in [5, 5.41) is 0. The lowest BCUT2D eigenvalue weighted by Crippen LogP contribution is -2.39. The number of hydrogen-bond donors (Lipinski definition) is 0. The molecule has 0 spiro atoms. The molecule has 0 aromatic heterocycles. The van der Waals surface area contributed by atoms with Crippen LogP contribution in [-0.2, 0) is 4.79 Å². The number of hydrogen-bond acceptors (Lipinski definition) is 2. The van der Waals surface area contributed by atoms with Crippen LogP contribution in [0.3, 0.4) is 0 Å². The van der Waals surface area contributed by atoms with Gasteiger partial charge in [-0.1, -0.05) is 45.4 Å². The molecular weight excluding hydrogens is 315 g/mol. The second-order valence-corrected chi connectivity index (χ2v) is 8.11. The molecule has 2 aliphatic carbocycles. The highest BCUT2D eigenvalue weighted by molar-refractivity contribution is 5.79. The third-order valence-corrected chi connectivity index (χ3v) is 6.49. The summed E-state index contributed by atoms with van der Waals surface area (Å²) < 4.78 is 18.7. The van der Waals surface area contributed by atoms with Crippen LogP contribution in [0.15, 0.2) is 24.3 Å². The SMILES string of the molecule is CCCC1(C(=O)Oc2ccc(F)cc2)CCC(C2CCCCC2)CC1. The molecule has 2 nitrogen and oxygen atoms in total. The molecule has 1 aromatic carbocycles. The number of ether oxygens (including phenoxy) is 1. The first-order chi connectivity index (χ1) is 12.1. The summed E-state index contributed by atoms with van der Waals surface area (Å²) in [4.78, 5) is 12.9. The summed E-state index contributed by atoms with van der Waals surface area (Å²) in [6, 6.07) is 5.77. The number of esters is 1. The number of carbonyl (C=O) groups excluding carboxylic acids is 1. The highest BCUT2D eigenvalue weighted by Gasteiger charge is 2.43. The topological polar surface area (TPSA) is 26.3 Å². The van der Waals surface area contributed by atoms with Crippen molar-refractivity contribution in [3.05, 3.63) is 30.1 Å². The number of rotatable bonds is 5. The molecule has 3 rings (SSSR count). The first kappa shape index (κ1) is 18.4. The van der Waals surface area contributed by atoms with Gasteiger partial charge in [0.1, 0.15) is 11.6 Å². The zero-order valence-corrected chi connectivity index (χ0v) is 15.4. The summed E-state index contributed by atoms with van der Waals surface area (Å²) in [7, 11) is 0. The molecule has 138 valence electrons. The van der Waals surface area contributed by atoms with Gasteiger partial charge in [0.2, 0.25) is 0 Å². The number of benzene rings is 1. The Bertz CT molecular complexity index is 552. The van der Waals surface area contributed by atoms with Crippen LogP contribution in [0, 0.1) is 23.1 Å². The van der Waals surface area contributed by atoms with Crippen LogP contribution in [-0.4, -0.2) is 5.97 Å². The molecule has 0 atom stereocenters. The third kappa shape index (κ3) is 4.43. The highest BCUT2D eigenvalue weighted by Crippen LogP contribution is 2.47. The standard InChI is InChI=1S/C22H31FO2/c1-2-14-22(21(24)25-20-10-8-19(23)9-11-20)15-12-18(13-16-22)17-6-4-3-5-7-17/h8-11,17-18H,2-7,12-16H2,1H3. The fraction of sp³-hybridized carbons (Fsp3) is 0.682. The predicted molar refractivity (Wildman–Crippen MR) is 97.9 cm³/mol. The van der Waals surface area contributed by atoms with E-state index in [0.717, 1.165) is 50.4 Å². The molecule has 0 N–H and O–H groups in total. The van der Waals surface area contributed by atoms with E-state index in [1.807, 2.05) is 0 Å². The van der Waals surface area contributed by atoms with E-state index in [0.29, 0.717) is 5.75 Å². The molecule has 0 radical (unpaired) electrons. The van der Waals surface area contributed by atoms with Gasteiger partial charge in [-0.05, 0) is 68.2 Å². The molecule has 25 heavy (non-hydrogen) atoms. The minimum atomic E-state index is -0.339. The summed E-state index contributed by atoms with van der Waals surface area (Å²) in [5.41, 5.74) is -0.339. The Morgan fingerprint density at radius 2 is 1.64 bits per heavy atom. The summed E-state index contributed by atoms with van der Waals surface area (Å²) in [6.07, 6.45) is 13.0. The van der Waals surface area contributed by atoms with Crippen molar-refractivity contribution in [1.29, 1.82) is 0 Å². The Balaban J connectivity index is 1.63. The van der Waals surface area contributed by atoms with Gasteiger partial charge in [-0.25, -0.2) is 4.39 Å². The molecule has 0 bridgehead atoms. The second-order valence-electron chi connectivity index (χ2n) is 8.11. The quantitative estimate of drug-likeness (QED) is 0.463. The van der Waals surface area contributed by atoms with Crippen LogP contribution in [0.2, 0.25) is 0 Å². The van der Waals surface area contributed by atoms with Crippen molar-refractivity contribution in [2.45, 2.75) is 77.6 Å². The zero-order valence-electron chi connectivity index (χ0n) is 15.4. The molecule has 0 heterocycles. The average Bonchev–Trinajstić information content (AvgIpc) is 2.65. The van der Waals surface area contributed by atoms with Gasteiger partial charge in [-0.3, -0.25) is 4.79 Å². The molecule has 2 aliphatic rings.